The number of aromatic hydroxyl groups is 1. The molecule has 0 bridgehead atoms. The molecular formula is C22H34N4O6S. The van der Waals surface area contributed by atoms with Gasteiger partial charge in [0.25, 0.3) is 0 Å². The fourth-order valence-electron chi connectivity index (χ4n) is 2.96. The molecule has 3 atom stereocenters. The maximum Gasteiger partial charge on any atom is 0.326 e. The molecule has 1 rings (SSSR count). The molecule has 10 nitrogen and oxygen atoms in total. The molecular weight excluding hydrogens is 448 g/mol. The molecule has 0 aromatic heterocycles. The number of carbonyl (C=O) groups excluding carboxylic acids is 3. The average Bonchev–Trinajstić information content (AvgIpc) is 2.75. The van der Waals surface area contributed by atoms with Crippen molar-refractivity contribution >= 4 is 35.5 Å². The Hall–Kier alpha value is -2.79. The number of carboxylic acid groups (broad SMARTS) is 1. The van der Waals surface area contributed by atoms with Gasteiger partial charge in [-0.05, 0) is 48.5 Å². The molecule has 1 aromatic carbocycles. The first-order valence-electron chi connectivity index (χ1n) is 10.7. The maximum absolute atomic E-state index is 12.8. The summed E-state index contributed by atoms with van der Waals surface area (Å²) >= 11 is 1.56. The zero-order valence-corrected chi connectivity index (χ0v) is 20.0. The zero-order chi connectivity index (χ0) is 25.0. The molecule has 0 spiro atoms. The Labute approximate surface area is 198 Å². The first kappa shape index (κ1) is 28.2. The number of hydrogen-bond acceptors (Lipinski definition) is 7. The summed E-state index contributed by atoms with van der Waals surface area (Å²) in [6.45, 7) is 3.39. The molecule has 0 aliphatic rings. The number of hydrogen-bond donors (Lipinski definition) is 6. The zero-order valence-electron chi connectivity index (χ0n) is 19.2. The molecule has 0 radical (unpaired) electrons. The van der Waals surface area contributed by atoms with E-state index in [0.29, 0.717) is 17.7 Å². The van der Waals surface area contributed by atoms with E-state index in [1.807, 2.05) is 20.1 Å². The van der Waals surface area contributed by atoms with Crippen LogP contribution < -0.4 is 21.7 Å². The predicted octanol–water partition coefficient (Wildman–Crippen LogP) is 0.232. The quantitative estimate of drug-likeness (QED) is 0.219. The van der Waals surface area contributed by atoms with Gasteiger partial charge in [0, 0.05) is 6.42 Å². The second-order valence-corrected chi connectivity index (χ2v) is 9.11. The lowest BCUT2D eigenvalue weighted by Gasteiger charge is -2.23. The summed E-state index contributed by atoms with van der Waals surface area (Å²) in [5, 5.41) is 26.4. The van der Waals surface area contributed by atoms with Gasteiger partial charge in [0.05, 0.1) is 12.6 Å². The van der Waals surface area contributed by atoms with E-state index in [9.17, 15) is 29.4 Å². The van der Waals surface area contributed by atoms with Crippen LogP contribution in [0.3, 0.4) is 0 Å². The SMILES string of the molecule is CSCCC(N)C(=O)NCC(=O)NC(CC(C)C)C(=O)NC(Cc1ccc(O)cc1)C(=O)O. The smallest absolute Gasteiger partial charge is 0.326 e. The minimum atomic E-state index is -1.22. The fraction of sp³-hybridized carbons (Fsp3) is 0.545. The van der Waals surface area contributed by atoms with Crippen molar-refractivity contribution in [3.05, 3.63) is 29.8 Å². The molecule has 0 saturated carbocycles. The normalized spacial score (nSPS) is 13.6. The van der Waals surface area contributed by atoms with Crippen LogP contribution in [0.5, 0.6) is 5.75 Å². The number of carbonyl (C=O) groups is 4. The summed E-state index contributed by atoms with van der Waals surface area (Å²) in [4.78, 5) is 48.8. The van der Waals surface area contributed by atoms with Crippen molar-refractivity contribution in [1.29, 1.82) is 0 Å². The number of amides is 3. The highest BCUT2D eigenvalue weighted by molar-refractivity contribution is 7.98. The van der Waals surface area contributed by atoms with Crippen LogP contribution in [-0.2, 0) is 25.6 Å². The second kappa shape index (κ2) is 14.4. The Morgan fingerprint density at radius 1 is 1.03 bits per heavy atom. The molecule has 0 fully saturated rings. The number of rotatable bonds is 14. The molecule has 3 amide bonds. The van der Waals surface area contributed by atoms with Crippen molar-refractivity contribution < 1.29 is 29.4 Å². The number of benzene rings is 1. The van der Waals surface area contributed by atoms with E-state index in [4.69, 9.17) is 5.73 Å². The number of carboxylic acids is 1. The average molecular weight is 483 g/mol. The lowest BCUT2D eigenvalue weighted by Crippen LogP contribution is -2.54. The van der Waals surface area contributed by atoms with Crippen LogP contribution in [0, 0.1) is 5.92 Å². The van der Waals surface area contributed by atoms with Crippen molar-refractivity contribution in [3.63, 3.8) is 0 Å². The van der Waals surface area contributed by atoms with Crippen LogP contribution >= 0.6 is 11.8 Å². The van der Waals surface area contributed by atoms with Gasteiger partial charge in [-0.25, -0.2) is 4.79 Å². The number of thioether (sulfide) groups is 1. The molecule has 0 saturated heterocycles. The van der Waals surface area contributed by atoms with Gasteiger partial charge in [-0.3, -0.25) is 14.4 Å². The van der Waals surface area contributed by atoms with Crippen LogP contribution in [-0.4, -0.2) is 70.6 Å². The Balaban J connectivity index is 2.73. The summed E-state index contributed by atoms with van der Waals surface area (Å²) in [5.74, 6) is -2.09. The van der Waals surface area contributed by atoms with Gasteiger partial charge < -0.3 is 31.9 Å². The summed E-state index contributed by atoms with van der Waals surface area (Å²) in [7, 11) is 0. The van der Waals surface area contributed by atoms with E-state index < -0.39 is 41.8 Å². The summed E-state index contributed by atoms with van der Waals surface area (Å²) in [5.41, 5.74) is 6.39. The van der Waals surface area contributed by atoms with Crippen molar-refractivity contribution in [3.8, 4) is 5.75 Å². The monoisotopic (exact) mass is 482 g/mol. The highest BCUT2D eigenvalue weighted by Crippen LogP contribution is 2.12. The first-order chi connectivity index (χ1) is 15.5. The van der Waals surface area contributed by atoms with E-state index in [2.05, 4.69) is 16.0 Å². The Kier molecular flexibility index (Phi) is 12.3. The van der Waals surface area contributed by atoms with Gasteiger partial charge in [0.15, 0.2) is 0 Å². The first-order valence-corrected chi connectivity index (χ1v) is 12.1. The topological polar surface area (TPSA) is 171 Å². The second-order valence-electron chi connectivity index (χ2n) is 8.13. The van der Waals surface area contributed by atoms with Gasteiger partial charge in [0.1, 0.15) is 17.8 Å². The van der Waals surface area contributed by atoms with E-state index >= 15 is 0 Å². The van der Waals surface area contributed by atoms with Crippen LogP contribution in [0.4, 0.5) is 0 Å². The minimum absolute atomic E-state index is 0.00763. The van der Waals surface area contributed by atoms with E-state index in [1.54, 1.807) is 23.9 Å². The molecule has 0 aliphatic heterocycles. The number of phenolic OH excluding ortho intramolecular Hbond substituents is 1. The van der Waals surface area contributed by atoms with Gasteiger partial charge in [-0.2, -0.15) is 11.8 Å². The summed E-state index contributed by atoms with van der Waals surface area (Å²) in [6.07, 6.45) is 2.67. The van der Waals surface area contributed by atoms with Gasteiger partial charge in [-0.1, -0.05) is 26.0 Å². The largest absolute Gasteiger partial charge is 0.508 e. The van der Waals surface area contributed by atoms with Crippen molar-refractivity contribution in [1.82, 2.24) is 16.0 Å². The Bertz CT molecular complexity index is 803. The van der Waals surface area contributed by atoms with Gasteiger partial charge >= 0.3 is 5.97 Å². The third-order valence-electron chi connectivity index (χ3n) is 4.74. The minimum Gasteiger partial charge on any atom is -0.508 e. The molecule has 33 heavy (non-hydrogen) atoms. The van der Waals surface area contributed by atoms with Crippen molar-refractivity contribution in [2.75, 3.05) is 18.6 Å². The van der Waals surface area contributed by atoms with Crippen LogP contribution in [0.15, 0.2) is 24.3 Å². The number of nitrogens with one attached hydrogen (secondary N) is 3. The third-order valence-corrected chi connectivity index (χ3v) is 5.39. The van der Waals surface area contributed by atoms with Crippen LogP contribution in [0.2, 0.25) is 0 Å². The lowest BCUT2D eigenvalue weighted by atomic mass is 10.0. The van der Waals surface area contributed by atoms with Crippen molar-refractivity contribution in [2.45, 2.75) is 51.2 Å². The number of nitrogens with two attached hydrogens (primary N) is 1. The molecule has 1 aromatic rings. The standard InChI is InChI=1S/C22H34N4O6S/c1-13(2)10-17(25-19(28)12-24-20(29)16(23)8-9-33-3)21(30)26-18(22(31)32)11-14-4-6-15(27)7-5-14/h4-7,13,16-18,27H,8-12,23H2,1-3H3,(H,24,29)(H,25,28)(H,26,30)(H,31,32). The summed E-state index contributed by atoms with van der Waals surface area (Å²) < 4.78 is 0. The highest BCUT2D eigenvalue weighted by Gasteiger charge is 2.27. The summed E-state index contributed by atoms with van der Waals surface area (Å²) in [6, 6.07) is 3.08. The van der Waals surface area contributed by atoms with Gasteiger partial charge in [-0.15, -0.1) is 0 Å². The molecule has 0 aliphatic carbocycles. The molecule has 0 heterocycles. The molecule has 11 heteroatoms. The van der Waals surface area contributed by atoms with Crippen molar-refractivity contribution in [2.24, 2.45) is 11.7 Å². The molecule has 7 N–H and O–H groups in total. The molecule has 3 unspecified atom stereocenters. The van der Waals surface area contributed by atoms with E-state index in [-0.39, 0.29) is 31.1 Å². The highest BCUT2D eigenvalue weighted by atomic mass is 32.2. The Morgan fingerprint density at radius 2 is 1.67 bits per heavy atom. The maximum atomic E-state index is 12.8. The molecule has 184 valence electrons. The van der Waals surface area contributed by atoms with Gasteiger partial charge in [0.2, 0.25) is 17.7 Å². The van der Waals surface area contributed by atoms with Crippen LogP contribution in [0.25, 0.3) is 0 Å². The number of aliphatic carboxylic acids is 1. The third kappa shape index (κ3) is 11.1. The fourth-order valence-corrected chi connectivity index (χ4v) is 3.45. The van der Waals surface area contributed by atoms with Crippen LogP contribution in [0.1, 0.15) is 32.3 Å². The Morgan fingerprint density at radius 3 is 2.21 bits per heavy atom. The van der Waals surface area contributed by atoms with E-state index in [1.165, 1.54) is 12.1 Å². The predicted molar refractivity (Wildman–Crippen MR) is 127 cm³/mol. The van der Waals surface area contributed by atoms with E-state index in [0.717, 1.165) is 0 Å². The number of phenols is 1. The lowest BCUT2D eigenvalue weighted by molar-refractivity contribution is -0.142.